The molecule has 0 heterocycles. The van der Waals surface area contributed by atoms with Crippen molar-refractivity contribution in [1.29, 1.82) is 0 Å². The molecule has 0 rings (SSSR count). The summed E-state index contributed by atoms with van der Waals surface area (Å²) in [5, 5.41) is 0.380. The highest BCUT2D eigenvalue weighted by molar-refractivity contribution is 6.59. The van der Waals surface area contributed by atoms with E-state index in [0.717, 1.165) is 6.61 Å². The molecule has 0 spiro atoms. The van der Waals surface area contributed by atoms with Gasteiger partial charge >= 0.3 is 0 Å². The quantitative estimate of drug-likeness (QED) is 0.362. The van der Waals surface area contributed by atoms with Gasteiger partial charge in [-0.3, -0.25) is 0 Å². The Morgan fingerprint density at radius 1 is 1.42 bits per heavy atom. The van der Waals surface area contributed by atoms with Crippen LogP contribution in [0.5, 0.6) is 0 Å². The molecule has 0 aliphatic carbocycles. The monoisotopic (exact) mass is 184 g/mol. The Morgan fingerprint density at radius 3 is 2.42 bits per heavy atom. The Labute approximate surface area is 77.7 Å². The topological polar surface area (TPSA) is 9.23 Å². The van der Waals surface area contributed by atoms with Gasteiger partial charge in [0.05, 0.1) is 12.9 Å². The van der Waals surface area contributed by atoms with Crippen molar-refractivity contribution in [1.82, 2.24) is 0 Å². The van der Waals surface area contributed by atoms with Gasteiger partial charge in [0.15, 0.2) is 0 Å². The molecule has 0 aromatic heterocycles. The summed E-state index contributed by atoms with van der Waals surface area (Å²) in [4.78, 5) is 0. The van der Waals surface area contributed by atoms with E-state index in [1.54, 1.807) is 12.3 Å². The van der Waals surface area contributed by atoms with E-state index in [4.69, 9.17) is 4.74 Å². The van der Waals surface area contributed by atoms with Crippen LogP contribution in [-0.2, 0) is 4.74 Å². The first-order chi connectivity index (χ1) is 5.50. The summed E-state index contributed by atoms with van der Waals surface area (Å²) < 4.78 is 5.38. The second-order valence-corrected chi connectivity index (χ2v) is 7.89. The zero-order valence-electron chi connectivity index (χ0n) is 8.63. The standard InChI is InChI=1S/C10H20OSi/c1-6-7-8-11-9-10(2,3)12(4)5/h6-8,12H,1,9H2,2-5H3/b8-7+. The molecule has 0 unspecified atom stereocenters. The van der Waals surface area contributed by atoms with Gasteiger partial charge in [0.2, 0.25) is 0 Å². The molecule has 70 valence electrons. The summed E-state index contributed by atoms with van der Waals surface area (Å²) >= 11 is 0. The van der Waals surface area contributed by atoms with Crippen molar-refractivity contribution in [2.24, 2.45) is 0 Å². The third-order valence-electron chi connectivity index (χ3n) is 2.33. The first kappa shape index (κ1) is 11.5. The van der Waals surface area contributed by atoms with Crippen LogP contribution in [0.4, 0.5) is 0 Å². The molecule has 12 heavy (non-hydrogen) atoms. The van der Waals surface area contributed by atoms with Crippen LogP contribution < -0.4 is 0 Å². The van der Waals surface area contributed by atoms with Crippen molar-refractivity contribution < 1.29 is 4.74 Å². The van der Waals surface area contributed by atoms with Gasteiger partial charge in [-0.2, -0.15) is 0 Å². The van der Waals surface area contributed by atoms with Gasteiger partial charge in [0.1, 0.15) is 0 Å². The van der Waals surface area contributed by atoms with E-state index in [0.29, 0.717) is 5.04 Å². The molecule has 0 amide bonds. The van der Waals surface area contributed by atoms with Crippen LogP contribution in [0.1, 0.15) is 13.8 Å². The average molecular weight is 184 g/mol. The van der Waals surface area contributed by atoms with Gasteiger partial charge in [-0.1, -0.05) is 39.6 Å². The molecule has 0 aromatic carbocycles. The maximum absolute atomic E-state index is 5.38. The molecule has 0 atom stereocenters. The van der Waals surface area contributed by atoms with Crippen LogP contribution in [0.2, 0.25) is 18.1 Å². The molecule has 2 heteroatoms. The Kier molecular flexibility index (Phi) is 4.98. The molecule has 0 aromatic rings. The molecule has 0 radical (unpaired) electrons. The third-order valence-corrected chi connectivity index (χ3v) is 5.62. The maximum atomic E-state index is 5.38. The van der Waals surface area contributed by atoms with Gasteiger partial charge < -0.3 is 4.74 Å². The highest BCUT2D eigenvalue weighted by Gasteiger charge is 2.23. The normalized spacial score (nSPS) is 12.4. The molecule has 0 bridgehead atoms. The van der Waals surface area contributed by atoms with Crippen LogP contribution in [0.25, 0.3) is 0 Å². The highest BCUT2D eigenvalue weighted by Crippen LogP contribution is 2.28. The molecular weight excluding hydrogens is 164 g/mol. The zero-order valence-corrected chi connectivity index (χ0v) is 9.79. The summed E-state index contributed by atoms with van der Waals surface area (Å²) in [6.45, 7) is 13.6. The van der Waals surface area contributed by atoms with Gasteiger partial charge in [-0.15, -0.1) is 0 Å². The number of hydrogen-bond donors (Lipinski definition) is 0. The van der Waals surface area contributed by atoms with E-state index >= 15 is 0 Å². The van der Waals surface area contributed by atoms with Crippen molar-refractivity contribution in [2.75, 3.05) is 6.61 Å². The molecule has 0 saturated heterocycles. The molecule has 0 fully saturated rings. The summed E-state index contributed by atoms with van der Waals surface area (Å²) in [7, 11) is -0.616. The molecule has 1 nitrogen and oxygen atoms in total. The van der Waals surface area contributed by atoms with E-state index in [9.17, 15) is 0 Å². The average Bonchev–Trinajstić information content (AvgIpc) is 1.98. The summed E-state index contributed by atoms with van der Waals surface area (Å²) in [6, 6.07) is 0. The van der Waals surface area contributed by atoms with E-state index in [1.165, 1.54) is 0 Å². The summed E-state index contributed by atoms with van der Waals surface area (Å²) in [5.41, 5.74) is 0. The number of ether oxygens (including phenoxy) is 1. The van der Waals surface area contributed by atoms with E-state index in [-0.39, 0.29) is 0 Å². The van der Waals surface area contributed by atoms with Crippen LogP contribution in [0.15, 0.2) is 25.0 Å². The summed E-state index contributed by atoms with van der Waals surface area (Å²) in [6.07, 6.45) is 5.25. The van der Waals surface area contributed by atoms with Gasteiger partial charge in [-0.25, -0.2) is 0 Å². The largest absolute Gasteiger partial charge is 0.501 e. The smallest absolute Gasteiger partial charge is 0.0897 e. The lowest BCUT2D eigenvalue weighted by Gasteiger charge is -2.27. The highest BCUT2D eigenvalue weighted by atomic mass is 28.3. The SMILES string of the molecule is C=C/C=C/OCC(C)(C)[SiH](C)C. The number of hydrogen-bond acceptors (Lipinski definition) is 1. The van der Waals surface area contributed by atoms with E-state index in [2.05, 4.69) is 33.5 Å². The lowest BCUT2D eigenvalue weighted by atomic mass is 10.2. The van der Waals surface area contributed by atoms with Crippen molar-refractivity contribution in [3.05, 3.63) is 25.0 Å². The van der Waals surface area contributed by atoms with Gasteiger partial charge in [-0.05, 0) is 11.1 Å². The zero-order chi connectivity index (χ0) is 9.61. The number of allylic oxidation sites excluding steroid dienone is 2. The first-order valence-electron chi connectivity index (χ1n) is 4.40. The Bertz CT molecular complexity index is 159. The Morgan fingerprint density at radius 2 is 2.00 bits per heavy atom. The van der Waals surface area contributed by atoms with Crippen molar-refractivity contribution >= 4 is 8.80 Å². The van der Waals surface area contributed by atoms with Gasteiger partial charge in [0.25, 0.3) is 0 Å². The lowest BCUT2D eigenvalue weighted by Crippen LogP contribution is -2.25. The van der Waals surface area contributed by atoms with Crippen molar-refractivity contribution in [3.63, 3.8) is 0 Å². The Balaban J connectivity index is 3.75. The lowest BCUT2D eigenvalue weighted by molar-refractivity contribution is 0.216. The molecular formula is C10H20OSi. The fraction of sp³-hybridized carbons (Fsp3) is 0.600. The second-order valence-electron chi connectivity index (χ2n) is 4.02. The minimum absolute atomic E-state index is 0.380. The maximum Gasteiger partial charge on any atom is 0.0897 e. The fourth-order valence-corrected chi connectivity index (χ4v) is 0.970. The summed E-state index contributed by atoms with van der Waals surface area (Å²) in [5.74, 6) is 0. The molecule has 0 saturated carbocycles. The minimum Gasteiger partial charge on any atom is -0.501 e. The fourth-order valence-electron chi connectivity index (χ4n) is 0.541. The first-order valence-corrected chi connectivity index (χ1v) is 7.28. The van der Waals surface area contributed by atoms with Crippen LogP contribution in [0.3, 0.4) is 0 Å². The van der Waals surface area contributed by atoms with Gasteiger partial charge in [0, 0.05) is 8.80 Å². The van der Waals surface area contributed by atoms with Crippen molar-refractivity contribution in [2.45, 2.75) is 32.0 Å². The van der Waals surface area contributed by atoms with Crippen LogP contribution >= 0.6 is 0 Å². The molecule has 0 N–H and O–H groups in total. The minimum atomic E-state index is -0.616. The molecule has 0 aliphatic rings. The number of rotatable bonds is 5. The molecule has 0 aliphatic heterocycles. The Hall–Kier alpha value is -0.503. The predicted octanol–water partition coefficient (Wildman–Crippen LogP) is 2.97. The van der Waals surface area contributed by atoms with Crippen LogP contribution in [0, 0.1) is 0 Å². The third kappa shape index (κ3) is 4.39. The van der Waals surface area contributed by atoms with Crippen LogP contribution in [-0.4, -0.2) is 15.4 Å². The van der Waals surface area contributed by atoms with Crippen molar-refractivity contribution in [3.8, 4) is 0 Å². The van der Waals surface area contributed by atoms with E-state index < -0.39 is 8.80 Å². The predicted molar refractivity (Wildman–Crippen MR) is 58.2 cm³/mol. The second kappa shape index (κ2) is 5.20. The van der Waals surface area contributed by atoms with E-state index in [1.807, 2.05) is 6.08 Å².